The summed E-state index contributed by atoms with van der Waals surface area (Å²) in [5.74, 6) is 5.43. The molecule has 0 fully saturated rings. The molecule has 0 aromatic heterocycles. The van der Waals surface area contributed by atoms with Crippen molar-refractivity contribution in [3.8, 4) is 0 Å². The van der Waals surface area contributed by atoms with E-state index in [4.69, 9.17) is 5.84 Å². The van der Waals surface area contributed by atoms with E-state index < -0.39 is 0 Å². The van der Waals surface area contributed by atoms with Crippen molar-refractivity contribution in [1.29, 1.82) is 0 Å². The first kappa shape index (κ1) is 14.7. The molecule has 0 radical (unpaired) electrons. The summed E-state index contributed by atoms with van der Waals surface area (Å²) in [4.78, 5) is 0. The van der Waals surface area contributed by atoms with Crippen molar-refractivity contribution >= 4 is 0 Å². The molecule has 0 aliphatic rings. The standard InChI is InChI=1S/C17H21FN2/c1-3-5-13-8-10-14(11-9-13)17(20-19)15-7-4-6-12(2)16(15)18/h4,6-11,17,20H,3,5,19H2,1-2H3. The Balaban J connectivity index is 2.34. The van der Waals surface area contributed by atoms with Crippen LogP contribution < -0.4 is 11.3 Å². The molecule has 0 bridgehead atoms. The number of rotatable bonds is 5. The molecule has 0 amide bonds. The van der Waals surface area contributed by atoms with Gasteiger partial charge in [0.05, 0.1) is 6.04 Å². The van der Waals surface area contributed by atoms with Gasteiger partial charge in [0.15, 0.2) is 0 Å². The van der Waals surface area contributed by atoms with E-state index >= 15 is 0 Å². The first-order chi connectivity index (χ1) is 9.67. The molecule has 2 rings (SSSR count). The van der Waals surface area contributed by atoms with Crippen molar-refractivity contribution in [3.05, 3.63) is 70.5 Å². The number of aryl methyl sites for hydroxylation is 2. The average Bonchev–Trinajstić information content (AvgIpc) is 2.46. The summed E-state index contributed by atoms with van der Waals surface area (Å²) in [6.07, 6.45) is 2.17. The van der Waals surface area contributed by atoms with Crippen molar-refractivity contribution in [2.75, 3.05) is 0 Å². The van der Waals surface area contributed by atoms with E-state index in [1.54, 1.807) is 19.1 Å². The molecule has 2 aromatic carbocycles. The maximum absolute atomic E-state index is 14.2. The van der Waals surface area contributed by atoms with E-state index in [1.807, 2.05) is 18.2 Å². The number of hydrazine groups is 1. The number of nitrogens with one attached hydrogen (secondary N) is 1. The van der Waals surface area contributed by atoms with Crippen LogP contribution in [0.4, 0.5) is 4.39 Å². The number of halogens is 1. The van der Waals surface area contributed by atoms with Crippen molar-refractivity contribution in [2.24, 2.45) is 5.84 Å². The van der Waals surface area contributed by atoms with E-state index in [-0.39, 0.29) is 11.9 Å². The van der Waals surface area contributed by atoms with Gasteiger partial charge in [-0.3, -0.25) is 5.84 Å². The lowest BCUT2D eigenvalue weighted by molar-refractivity contribution is 0.554. The molecular weight excluding hydrogens is 251 g/mol. The van der Waals surface area contributed by atoms with Gasteiger partial charge in [0, 0.05) is 5.56 Å². The maximum Gasteiger partial charge on any atom is 0.131 e. The van der Waals surface area contributed by atoms with Crippen LogP contribution in [0.1, 0.15) is 41.6 Å². The molecule has 2 nitrogen and oxygen atoms in total. The molecule has 1 unspecified atom stereocenters. The Labute approximate surface area is 119 Å². The molecule has 2 aromatic rings. The Kier molecular flexibility index (Phi) is 4.88. The summed E-state index contributed by atoms with van der Waals surface area (Å²) in [6, 6.07) is 13.2. The SMILES string of the molecule is CCCc1ccc(C(NN)c2cccc(C)c2F)cc1. The van der Waals surface area contributed by atoms with Crippen molar-refractivity contribution in [2.45, 2.75) is 32.7 Å². The molecule has 20 heavy (non-hydrogen) atoms. The normalized spacial score (nSPS) is 12.4. The largest absolute Gasteiger partial charge is 0.271 e. The summed E-state index contributed by atoms with van der Waals surface area (Å²) >= 11 is 0. The maximum atomic E-state index is 14.2. The van der Waals surface area contributed by atoms with E-state index in [2.05, 4.69) is 24.5 Å². The lowest BCUT2D eigenvalue weighted by atomic mass is 9.96. The Bertz CT molecular complexity index is 564. The molecule has 0 aliphatic carbocycles. The third-order valence-electron chi connectivity index (χ3n) is 3.55. The van der Waals surface area contributed by atoms with Crippen LogP contribution in [0.3, 0.4) is 0 Å². The quantitative estimate of drug-likeness (QED) is 0.644. The highest BCUT2D eigenvalue weighted by molar-refractivity contribution is 5.36. The first-order valence-electron chi connectivity index (χ1n) is 6.97. The van der Waals surface area contributed by atoms with E-state index in [1.165, 1.54) is 5.56 Å². The van der Waals surface area contributed by atoms with Crippen molar-refractivity contribution in [1.82, 2.24) is 5.43 Å². The monoisotopic (exact) mass is 272 g/mol. The molecular formula is C17H21FN2. The van der Waals surface area contributed by atoms with Gasteiger partial charge in [0.2, 0.25) is 0 Å². The minimum atomic E-state index is -0.328. The predicted molar refractivity (Wildman–Crippen MR) is 80.7 cm³/mol. The molecule has 106 valence electrons. The first-order valence-corrected chi connectivity index (χ1v) is 6.97. The Morgan fingerprint density at radius 3 is 2.45 bits per heavy atom. The van der Waals surface area contributed by atoms with Gasteiger partial charge in [-0.2, -0.15) is 0 Å². The lowest BCUT2D eigenvalue weighted by Crippen LogP contribution is -2.29. The molecule has 0 saturated heterocycles. The third-order valence-corrected chi connectivity index (χ3v) is 3.55. The summed E-state index contributed by atoms with van der Waals surface area (Å²) in [7, 11) is 0. The fourth-order valence-corrected chi connectivity index (χ4v) is 2.42. The Hall–Kier alpha value is -1.71. The molecule has 0 spiro atoms. The molecule has 3 N–H and O–H groups in total. The molecule has 0 heterocycles. The third kappa shape index (κ3) is 3.06. The second kappa shape index (κ2) is 6.64. The minimum absolute atomic E-state index is 0.201. The van der Waals surface area contributed by atoms with Crippen LogP contribution in [0.25, 0.3) is 0 Å². The van der Waals surface area contributed by atoms with Gasteiger partial charge in [0.25, 0.3) is 0 Å². The van der Waals surface area contributed by atoms with Crippen molar-refractivity contribution < 1.29 is 4.39 Å². The molecule has 3 heteroatoms. The summed E-state index contributed by atoms with van der Waals surface area (Å²) < 4.78 is 14.2. The van der Waals surface area contributed by atoms with Gasteiger partial charge in [-0.15, -0.1) is 0 Å². The zero-order valence-corrected chi connectivity index (χ0v) is 12.0. The highest BCUT2D eigenvalue weighted by atomic mass is 19.1. The van der Waals surface area contributed by atoms with Gasteiger partial charge in [-0.05, 0) is 30.0 Å². The molecule has 1 atom stereocenters. The smallest absolute Gasteiger partial charge is 0.131 e. The Morgan fingerprint density at radius 1 is 1.15 bits per heavy atom. The van der Waals surface area contributed by atoms with Crippen LogP contribution >= 0.6 is 0 Å². The number of nitrogens with two attached hydrogens (primary N) is 1. The molecule has 0 aliphatic heterocycles. The van der Waals surface area contributed by atoms with Gasteiger partial charge in [-0.25, -0.2) is 9.82 Å². The lowest BCUT2D eigenvalue weighted by Gasteiger charge is -2.18. The van der Waals surface area contributed by atoms with Gasteiger partial charge >= 0.3 is 0 Å². The van der Waals surface area contributed by atoms with E-state index in [0.29, 0.717) is 11.1 Å². The van der Waals surface area contributed by atoms with Crippen LogP contribution in [0, 0.1) is 12.7 Å². The fourth-order valence-electron chi connectivity index (χ4n) is 2.42. The summed E-state index contributed by atoms with van der Waals surface area (Å²) in [5.41, 5.74) is 6.18. The van der Waals surface area contributed by atoms with Crippen LogP contribution in [0.2, 0.25) is 0 Å². The van der Waals surface area contributed by atoms with Gasteiger partial charge in [-0.1, -0.05) is 55.8 Å². The highest BCUT2D eigenvalue weighted by Gasteiger charge is 2.17. The zero-order chi connectivity index (χ0) is 14.5. The predicted octanol–water partition coefficient (Wildman–Crippen LogP) is 3.64. The van der Waals surface area contributed by atoms with Crippen LogP contribution in [-0.2, 0) is 6.42 Å². The average molecular weight is 272 g/mol. The van der Waals surface area contributed by atoms with Crippen LogP contribution in [0.15, 0.2) is 42.5 Å². The van der Waals surface area contributed by atoms with E-state index in [0.717, 1.165) is 18.4 Å². The second-order valence-corrected chi connectivity index (χ2v) is 5.07. The zero-order valence-electron chi connectivity index (χ0n) is 12.0. The summed E-state index contributed by atoms with van der Waals surface area (Å²) in [6.45, 7) is 3.91. The van der Waals surface area contributed by atoms with Crippen molar-refractivity contribution in [3.63, 3.8) is 0 Å². The Morgan fingerprint density at radius 2 is 1.85 bits per heavy atom. The van der Waals surface area contributed by atoms with Crippen LogP contribution in [-0.4, -0.2) is 0 Å². The van der Waals surface area contributed by atoms with Gasteiger partial charge < -0.3 is 0 Å². The van der Waals surface area contributed by atoms with Gasteiger partial charge in [0.1, 0.15) is 5.82 Å². The van der Waals surface area contributed by atoms with E-state index in [9.17, 15) is 4.39 Å². The minimum Gasteiger partial charge on any atom is -0.271 e. The number of hydrogen-bond acceptors (Lipinski definition) is 2. The number of benzene rings is 2. The fraction of sp³-hybridized carbons (Fsp3) is 0.294. The topological polar surface area (TPSA) is 38.0 Å². The molecule has 0 saturated carbocycles. The number of hydrogen-bond donors (Lipinski definition) is 2. The summed E-state index contributed by atoms with van der Waals surface area (Å²) in [5, 5.41) is 0. The highest BCUT2D eigenvalue weighted by Crippen LogP contribution is 2.25. The van der Waals surface area contributed by atoms with Crippen LogP contribution in [0.5, 0.6) is 0 Å². The second-order valence-electron chi connectivity index (χ2n) is 5.07.